The minimum atomic E-state index is -4.83. The largest absolute Gasteiger partial charge is 0.493 e. The highest BCUT2D eigenvalue weighted by Gasteiger charge is 2.36. The molecule has 0 spiro atoms. The van der Waals surface area contributed by atoms with E-state index < -0.39 is 40.8 Å². The topological polar surface area (TPSA) is 26.3 Å². The summed E-state index contributed by atoms with van der Waals surface area (Å²) in [7, 11) is 0. The maximum absolute atomic E-state index is 12.7. The fourth-order valence-corrected chi connectivity index (χ4v) is 1.58. The molecule has 1 aromatic rings. The SMILES string of the molecule is CCOc1cc(C(C)=O)c(C(F)F)cc1C(F)(F)F. The minimum absolute atomic E-state index is 0.0750. The summed E-state index contributed by atoms with van der Waals surface area (Å²) in [5.74, 6) is -1.37. The molecule has 0 atom stereocenters. The predicted molar refractivity (Wildman–Crippen MR) is 57.6 cm³/mol. The van der Waals surface area contributed by atoms with E-state index >= 15 is 0 Å². The molecule has 0 N–H and O–H groups in total. The normalized spacial score (nSPS) is 11.8. The van der Waals surface area contributed by atoms with E-state index in [1.165, 1.54) is 6.92 Å². The summed E-state index contributed by atoms with van der Waals surface area (Å²) in [4.78, 5) is 11.2. The fourth-order valence-electron chi connectivity index (χ4n) is 1.58. The molecule has 0 bridgehead atoms. The molecule has 0 saturated heterocycles. The Kier molecular flexibility index (Phi) is 4.49. The molecule has 0 aliphatic rings. The Morgan fingerprint density at radius 1 is 1.32 bits per heavy atom. The lowest BCUT2D eigenvalue weighted by atomic mass is 10.00. The van der Waals surface area contributed by atoms with Gasteiger partial charge in [-0.05, 0) is 26.0 Å². The molecule has 0 saturated carbocycles. The van der Waals surface area contributed by atoms with Crippen LogP contribution in [-0.4, -0.2) is 12.4 Å². The first-order chi connectivity index (χ1) is 8.68. The average molecular weight is 282 g/mol. The third kappa shape index (κ3) is 3.42. The van der Waals surface area contributed by atoms with E-state index in [9.17, 15) is 26.7 Å². The molecule has 106 valence electrons. The Bertz CT molecular complexity index is 480. The van der Waals surface area contributed by atoms with Gasteiger partial charge in [-0.15, -0.1) is 0 Å². The summed E-state index contributed by atoms with van der Waals surface area (Å²) in [6.45, 7) is 2.38. The Labute approximate surface area is 106 Å². The van der Waals surface area contributed by atoms with Gasteiger partial charge in [0.25, 0.3) is 6.43 Å². The molecule has 0 unspecified atom stereocenters. The highest BCUT2D eigenvalue weighted by molar-refractivity contribution is 5.96. The third-order valence-electron chi connectivity index (χ3n) is 2.37. The molecule has 1 aromatic carbocycles. The molecule has 0 amide bonds. The number of halogens is 5. The number of carbonyl (C=O) groups is 1. The van der Waals surface area contributed by atoms with Crippen LogP contribution in [0.1, 0.15) is 41.8 Å². The van der Waals surface area contributed by atoms with Gasteiger partial charge in [0, 0.05) is 11.1 Å². The zero-order valence-electron chi connectivity index (χ0n) is 10.1. The van der Waals surface area contributed by atoms with Crippen molar-refractivity contribution in [2.24, 2.45) is 0 Å². The van der Waals surface area contributed by atoms with Gasteiger partial charge in [0.2, 0.25) is 0 Å². The number of hydrogen-bond acceptors (Lipinski definition) is 2. The zero-order chi connectivity index (χ0) is 14.8. The van der Waals surface area contributed by atoms with Gasteiger partial charge >= 0.3 is 6.18 Å². The number of carbonyl (C=O) groups excluding carboxylic acids is 1. The fraction of sp³-hybridized carbons (Fsp3) is 0.417. The second-order valence-electron chi connectivity index (χ2n) is 3.72. The highest BCUT2D eigenvalue weighted by Crippen LogP contribution is 2.40. The average Bonchev–Trinajstić information content (AvgIpc) is 2.26. The van der Waals surface area contributed by atoms with Crippen LogP contribution in [0.25, 0.3) is 0 Å². The van der Waals surface area contributed by atoms with Crippen LogP contribution in [0.15, 0.2) is 12.1 Å². The van der Waals surface area contributed by atoms with E-state index in [0.29, 0.717) is 0 Å². The summed E-state index contributed by atoms with van der Waals surface area (Å²) in [6.07, 6.45) is -8.00. The maximum Gasteiger partial charge on any atom is 0.419 e. The molecule has 1 rings (SSSR count). The van der Waals surface area contributed by atoms with Crippen molar-refractivity contribution >= 4 is 5.78 Å². The van der Waals surface area contributed by atoms with Crippen LogP contribution in [0.3, 0.4) is 0 Å². The van der Waals surface area contributed by atoms with Gasteiger partial charge in [-0.25, -0.2) is 8.78 Å². The number of ketones is 1. The number of hydrogen-bond donors (Lipinski definition) is 0. The second-order valence-corrected chi connectivity index (χ2v) is 3.72. The monoisotopic (exact) mass is 282 g/mol. The Balaban J connectivity index is 3.55. The van der Waals surface area contributed by atoms with Crippen LogP contribution < -0.4 is 4.74 Å². The molecular weight excluding hydrogens is 271 g/mol. The summed E-state index contributed by atoms with van der Waals surface area (Å²) >= 11 is 0. The quantitative estimate of drug-likeness (QED) is 0.609. The summed E-state index contributed by atoms with van der Waals surface area (Å²) in [6, 6.07) is 0.989. The van der Waals surface area contributed by atoms with Crippen LogP contribution in [0.5, 0.6) is 5.75 Å². The van der Waals surface area contributed by atoms with Gasteiger partial charge in [0.15, 0.2) is 5.78 Å². The van der Waals surface area contributed by atoms with Crippen LogP contribution >= 0.6 is 0 Å². The van der Waals surface area contributed by atoms with Gasteiger partial charge in [0.05, 0.1) is 12.2 Å². The lowest BCUT2D eigenvalue weighted by Crippen LogP contribution is -2.12. The number of rotatable bonds is 4. The molecule has 19 heavy (non-hydrogen) atoms. The van der Waals surface area contributed by atoms with Gasteiger partial charge in [-0.3, -0.25) is 4.79 Å². The predicted octanol–water partition coefficient (Wildman–Crippen LogP) is 4.24. The van der Waals surface area contributed by atoms with Crippen molar-refractivity contribution < 1.29 is 31.5 Å². The van der Waals surface area contributed by atoms with Crippen LogP contribution in [0.4, 0.5) is 22.0 Å². The lowest BCUT2D eigenvalue weighted by molar-refractivity contribution is -0.139. The van der Waals surface area contributed by atoms with Gasteiger partial charge in [0.1, 0.15) is 5.75 Å². The number of Topliss-reactive ketones (excluding diaryl/α,β-unsaturated/α-hetero) is 1. The van der Waals surface area contributed by atoms with Crippen LogP contribution in [-0.2, 0) is 6.18 Å². The van der Waals surface area contributed by atoms with E-state index in [-0.39, 0.29) is 12.7 Å². The van der Waals surface area contributed by atoms with E-state index in [0.717, 1.165) is 13.0 Å². The summed E-state index contributed by atoms with van der Waals surface area (Å²) in [5, 5.41) is 0. The van der Waals surface area contributed by atoms with Crippen molar-refractivity contribution in [3.05, 3.63) is 28.8 Å². The molecule has 0 radical (unpaired) electrons. The van der Waals surface area contributed by atoms with E-state index in [4.69, 9.17) is 4.74 Å². The molecule has 0 aliphatic carbocycles. The first-order valence-electron chi connectivity index (χ1n) is 5.35. The summed E-state index contributed by atoms with van der Waals surface area (Å²) in [5.41, 5.74) is -2.72. The first kappa shape index (κ1) is 15.4. The second kappa shape index (κ2) is 5.54. The Morgan fingerprint density at radius 3 is 2.26 bits per heavy atom. The van der Waals surface area contributed by atoms with Crippen molar-refractivity contribution in [1.29, 1.82) is 0 Å². The van der Waals surface area contributed by atoms with Crippen LogP contribution in [0.2, 0.25) is 0 Å². The molecule has 2 nitrogen and oxygen atoms in total. The van der Waals surface area contributed by atoms with Gasteiger partial charge < -0.3 is 4.74 Å². The standard InChI is InChI=1S/C12H11F5O2/c1-3-19-10-5-7(6(2)18)8(11(13)14)4-9(10)12(15,16)17/h4-5,11H,3H2,1-2H3. The zero-order valence-corrected chi connectivity index (χ0v) is 10.1. The molecule has 0 fully saturated rings. The van der Waals surface area contributed by atoms with Crippen molar-refractivity contribution in [2.45, 2.75) is 26.4 Å². The first-order valence-corrected chi connectivity index (χ1v) is 5.35. The summed E-state index contributed by atoms with van der Waals surface area (Å²) < 4.78 is 68.4. The van der Waals surface area contributed by atoms with Gasteiger partial charge in [-0.2, -0.15) is 13.2 Å². The molecular formula is C12H11F5O2. The molecule has 0 aromatic heterocycles. The van der Waals surface area contributed by atoms with E-state index in [2.05, 4.69) is 0 Å². The molecule has 0 heterocycles. The molecule has 0 aliphatic heterocycles. The van der Waals surface area contributed by atoms with Crippen molar-refractivity contribution in [2.75, 3.05) is 6.61 Å². The number of alkyl halides is 5. The third-order valence-corrected chi connectivity index (χ3v) is 2.37. The number of benzene rings is 1. The maximum atomic E-state index is 12.7. The van der Waals surface area contributed by atoms with Crippen molar-refractivity contribution in [3.63, 3.8) is 0 Å². The lowest BCUT2D eigenvalue weighted by Gasteiger charge is -2.16. The Morgan fingerprint density at radius 2 is 1.89 bits per heavy atom. The minimum Gasteiger partial charge on any atom is -0.493 e. The molecule has 7 heteroatoms. The van der Waals surface area contributed by atoms with E-state index in [1.807, 2.05) is 0 Å². The highest BCUT2D eigenvalue weighted by atomic mass is 19.4. The number of ether oxygens (including phenoxy) is 1. The van der Waals surface area contributed by atoms with E-state index in [1.54, 1.807) is 0 Å². The van der Waals surface area contributed by atoms with Crippen LogP contribution in [0, 0.1) is 0 Å². The van der Waals surface area contributed by atoms with Gasteiger partial charge in [-0.1, -0.05) is 0 Å². The van der Waals surface area contributed by atoms with Crippen molar-refractivity contribution in [3.8, 4) is 5.75 Å². The Hall–Kier alpha value is -1.66. The van der Waals surface area contributed by atoms with Crippen molar-refractivity contribution in [1.82, 2.24) is 0 Å². The smallest absolute Gasteiger partial charge is 0.419 e.